The van der Waals surface area contributed by atoms with Gasteiger partial charge in [-0.25, -0.2) is 0 Å². The Morgan fingerprint density at radius 1 is 0.961 bits per heavy atom. The fourth-order valence-electron chi connectivity index (χ4n) is 7.76. The third-order valence-electron chi connectivity index (χ3n) is 10.9. The summed E-state index contributed by atoms with van der Waals surface area (Å²) in [6, 6.07) is 29.6. The predicted octanol–water partition coefficient (Wildman–Crippen LogP) is 8.62. The fourth-order valence-corrected chi connectivity index (χ4v) is 12.3. The van der Waals surface area contributed by atoms with Crippen molar-refractivity contribution in [1.82, 2.24) is 0 Å². The summed E-state index contributed by atoms with van der Waals surface area (Å²) in [6.45, 7) is 17.9. The van der Waals surface area contributed by atoms with Gasteiger partial charge in [-0.2, -0.15) is 0 Å². The summed E-state index contributed by atoms with van der Waals surface area (Å²) < 4.78 is 26.2. The smallest absolute Gasteiger partial charge is 0.261 e. The van der Waals surface area contributed by atoms with Crippen LogP contribution in [0.3, 0.4) is 0 Å². The van der Waals surface area contributed by atoms with E-state index in [4.69, 9.17) is 25.1 Å². The van der Waals surface area contributed by atoms with E-state index in [1.54, 1.807) is 7.11 Å². The SMILES string of the molecule is C#CC[C@H](CCO[Si](c1ccccc1)(c1ccccc1)C(C)(C)C)O[C@H](C[C@H](O)C[C@H]1O[C@H](CC=C)CC[C@@H]1C)C(C)(C)c1ccc(OC)cc1. The number of methoxy groups -OCH3 is 1. The molecule has 3 aromatic rings. The molecule has 0 unspecified atom stereocenters. The van der Waals surface area contributed by atoms with Crippen molar-refractivity contribution < 1.29 is 23.7 Å². The van der Waals surface area contributed by atoms with Gasteiger partial charge < -0.3 is 23.7 Å². The molecule has 276 valence electrons. The van der Waals surface area contributed by atoms with E-state index < -0.39 is 19.8 Å². The molecule has 1 aliphatic rings. The minimum absolute atomic E-state index is 0.00944. The lowest BCUT2D eigenvalue weighted by molar-refractivity contribution is -0.108. The van der Waals surface area contributed by atoms with Crippen LogP contribution in [0.4, 0.5) is 0 Å². The van der Waals surface area contributed by atoms with E-state index >= 15 is 0 Å². The number of ether oxygens (including phenoxy) is 3. The van der Waals surface area contributed by atoms with Crippen LogP contribution in [0.2, 0.25) is 5.04 Å². The zero-order valence-electron chi connectivity index (χ0n) is 32.1. The van der Waals surface area contributed by atoms with Gasteiger partial charge in [0.25, 0.3) is 8.32 Å². The molecule has 0 radical (unpaired) electrons. The predicted molar refractivity (Wildman–Crippen MR) is 213 cm³/mol. The van der Waals surface area contributed by atoms with Gasteiger partial charge >= 0.3 is 0 Å². The highest BCUT2D eigenvalue weighted by molar-refractivity contribution is 6.99. The van der Waals surface area contributed by atoms with E-state index in [2.05, 4.69) is 127 Å². The van der Waals surface area contributed by atoms with Crippen molar-refractivity contribution in [1.29, 1.82) is 0 Å². The van der Waals surface area contributed by atoms with E-state index in [9.17, 15) is 5.11 Å². The van der Waals surface area contributed by atoms with Crippen molar-refractivity contribution in [2.45, 2.75) is 127 Å². The maximum absolute atomic E-state index is 11.7. The van der Waals surface area contributed by atoms with E-state index in [0.717, 1.165) is 30.6 Å². The van der Waals surface area contributed by atoms with Crippen LogP contribution in [0.15, 0.2) is 97.6 Å². The molecule has 1 N–H and O–H groups in total. The van der Waals surface area contributed by atoms with Gasteiger partial charge in [0.15, 0.2) is 0 Å². The number of benzene rings is 3. The van der Waals surface area contributed by atoms with Crippen LogP contribution < -0.4 is 15.1 Å². The molecule has 51 heavy (non-hydrogen) atoms. The number of hydrogen-bond donors (Lipinski definition) is 1. The molecule has 0 amide bonds. The van der Waals surface area contributed by atoms with Crippen LogP contribution >= 0.6 is 0 Å². The molecule has 5 nitrogen and oxygen atoms in total. The Morgan fingerprint density at radius 2 is 1.57 bits per heavy atom. The second kappa shape index (κ2) is 18.5. The summed E-state index contributed by atoms with van der Waals surface area (Å²) in [5.41, 5.74) is 0.667. The first-order valence-electron chi connectivity index (χ1n) is 18.8. The van der Waals surface area contributed by atoms with Gasteiger partial charge in [-0.3, -0.25) is 0 Å². The molecule has 1 fully saturated rings. The lowest BCUT2D eigenvalue weighted by Gasteiger charge is -2.43. The Hall–Kier alpha value is -3.18. The highest BCUT2D eigenvalue weighted by Gasteiger charge is 2.50. The average molecular weight is 711 g/mol. The molecule has 0 saturated carbocycles. The second-order valence-electron chi connectivity index (χ2n) is 15.9. The van der Waals surface area contributed by atoms with Gasteiger partial charge in [-0.05, 0) is 71.1 Å². The summed E-state index contributed by atoms with van der Waals surface area (Å²) in [4.78, 5) is 0. The topological polar surface area (TPSA) is 57.2 Å². The van der Waals surface area contributed by atoms with Crippen LogP contribution in [0.5, 0.6) is 5.75 Å². The minimum atomic E-state index is -2.73. The van der Waals surface area contributed by atoms with Crippen molar-refractivity contribution in [3.8, 4) is 18.1 Å². The zero-order valence-corrected chi connectivity index (χ0v) is 33.1. The van der Waals surface area contributed by atoms with E-state index in [1.807, 2.05) is 18.2 Å². The molecule has 6 heteroatoms. The molecular formula is C45H62O5Si. The third-order valence-corrected chi connectivity index (χ3v) is 15.9. The molecule has 1 saturated heterocycles. The van der Waals surface area contributed by atoms with Gasteiger partial charge in [0.1, 0.15) is 5.75 Å². The Kier molecular flexibility index (Phi) is 14.7. The number of hydrogen-bond acceptors (Lipinski definition) is 5. The lowest BCUT2D eigenvalue weighted by Crippen LogP contribution is -2.66. The van der Waals surface area contributed by atoms with E-state index in [-0.39, 0.29) is 29.5 Å². The molecule has 1 heterocycles. The Balaban J connectivity index is 1.60. The quantitative estimate of drug-likeness (QED) is 0.0814. The second-order valence-corrected chi connectivity index (χ2v) is 20.2. The van der Waals surface area contributed by atoms with Gasteiger partial charge in [0.2, 0.25) is 0 Å². The molecule has 0 aromatic heterocycles. The average Bonchev–Trinajstić information content (AvgIpc) is 3.11. The first-order valence-corrected chi connectivity index (χ1v) is 20.7. The molecule has 3 aromatic carbocycles. The van der Waals surface area contributed by atoms with Crippen molar-refractivity contribution in [2.24, 2.45) is 5.92 Å². The van der Waals surface area contributed by atoms with Crippen LogP contribution in [0, 0.1) is 18.3 Å². The van der Waals surface area contributed by atoms with E-state index in [1.165, 1.54) is 10.4 Å². The normalized spacial score (nSPS) is 20.2. The maximum Gasteiger partial charge on any atom is 0.261 e. The summed E-state index contributed by atoms with van der Waals surface area (Å²) in [6.07, 6.45) is 11.9. The maximum atomic E-state index is 11.7. The van der Waals surface area contributed by atoms with Gasteiger partial charge in [-0.15, -0.1) is 18.9 Å². The molecule has 0 spiro atoms. The van der Waals surface area contributed by atoms with Crippen molar-refractivity contribution in [3.05, 3.63) is 103 Å². The van der Waals surface area contributed by atoms with Gasteiger partial charge in [0.05, 0.1) is 37.6 Å². The summed E-state index contributed by atoms with van der Waals surface area (Å²) in [5, 5.41) is 14.1. The Morgan fingerprint density at radius 3 is 2.10 bits per heavy atom. The number of terminal acetylenes is 1. The Labute approximate surface area is 309 Å². The molecule has 4 rings (SSSR count). The van der Waals surface area contributed by atoms with Gasteiger partial charge in [0, 0.05) is 24.9 Å². The van der Waals surface area contributed by atoms with Crippen molar-refractivity contribution >= 4 is 18.7 Å². The molecule has 6 atom stereocenters. The molecule has 1 aliphatic heterocycles. The van der Waals surface area contributed by atoms with Crippen LogP contribution in [0.25, 0.3) is 0 Å². The standard InChI is InChI=1S/C45H62O5Si/c1-10-18-38-27-24-34(3)42(49-38)32-36(46)33-43(45(7,8)35-25-28-37(47-9)29-26-35)50-39(19-11-2)30-31-48-51(44(4,5)6,40-20-14-12-15-21-40)41-22-16-13-17-23-41/h2,10,12-17,20-23,25-26,28-29,34,36,38-39,42-43,46H,1,18-19,24,27,30-33H2,3-9H3/t34-,36+,38+,39+,42+,43+/m0/s1. The lowest BCUT2D eigenvalue weighted by atomic mass is 9.76. The van der Waals surface area contributed by atoms with Crippen LogP contribution in [-0.2, 0) is 19.3 Å². The molecule has 0 bridgehead atoms. The van der Waals surface area contributed by atoms with Crippen molar-refractivity contribution in [3.63, 3.8) is 0 Å². The third kappa shape index (κ3) is 10.2. The van der Waals surface area contributed by atoms with Crippen molar-refractivity contribution in [2.75, 3.05) is 13.7 Å². The monoisotopic (exact) mass is 710 g/mol. The highest BCUT2D eigenvalue weighted by Crippen LogP contribution is 2.38. The molecule has 0 aliphatic carbocycles. The van der Waals surface area contributed by atoms with E-state index in [0.29, 0.717) is 38.2 Å². The number of rotatable bonds is 18. The highest BCUT2D eigenvalue weighted by atomic mass is 28.4. The molecular weight excluding hydrogens is 649 g/mol. The van der Waals surface area contributed by atoms with Gasteiger partial charge in [-0.1, -0.05) is 120 Å². The van der Waals surface area contributed by atoms with Crippen LogP contribution in [0.1, 0.15) is 92.1 Å². The first-order chi connectivity index (χ1) is 24.3. The zero-order chi connectivity index (χ0) is 37.1. The Bertz CT molecular complexity index is 1470. The number of aliphatic hydroxyl groups is 1. The largest absolute Gasteiger partial charge is 0.497 e. The minimum Gasteiger partial charge on any atom is -0.497 e. The van der Waals surface area contributed by atoms with Crippen LogP contribution in [-0.4, -0.2) is 57.7 Å². The summed E-state index contributed by atoms with van der Waals surface area (Å²) >= 11 is 0. The first kappa shape index (κ1) is 40.6. The summed E-state index contributed by atoms with van der Waals surface area (Å²) in [5.74, 6) is 4.06. The summed E-state index contributed by atoms with van der Waals surface area (Å²) in [7, 11) is -1.05. The number of aliphatic hydroxyl groups excluding tert-OH is 1. The fraction of sp³-hybridized carbons (Fsp3) is 0.511.